The first-order valence-corrected chi connectivity index (χ1v) is 6.78. The zero-order chi connectivity index (χ0) is 13.0. The van der Waals surface area contributed by atoms with E-state index in [1.54, 1.807) is 0 Å². The molecule has 3 nitrogen and oxygen atoms in total. The Hall–Kier alpha value is -1.06. The number of hydrogen-bond donors (Lipinski definition) is 1. The summed E-state index contributed by atoms with van der Waals surface area (Å²) in [4.78, 5) is 2.50. The molecular weight excluding hydrogens is 224 g/mol. The number of nitrogens with two attached hydrogens (primary N) is 1. The fourth-order valence-corrected chi connectivity index (χ4v) is 2.58. The zero-order valence-electron chi connectivity index (χ0n) is 11.4. The molecule has 1 heterocycles. The molecule has 3 heteroatoms. The summed E-state index contributed by atoms with van der Waals surface area (Å²) in [6, 6.07) is 8.20. The Morgan fingerprint density at radius 1 is 1.33 bits per heavy atom. The Kier molecular flexibility index (Phi) is 4.61. The van der Waals surface area contributed by atoms with Gasteiger partial charge in [0, 0.05) is 25.9 Å². The number of ether oxygens (including phenoxy) is 1. The van der Waals surface area contributed by atoms with Crippen LogP contribution in [0.5, 0.6) is 0 Å². The van der Waals surface area contributed by atoms with Gasteiger partial charge in [0.15, 0.2) is 0 Å². The van der Waals surface area contributed by atoms with Gasteiger partial charge in [0.1, 0.15) is 0 Å². The van der Waals surface area contributed by atoms with E-state index in [4.69, 9.17) is 10.5 Å². The lowest BCUT2D eigenvalue weighted by Crippen LogP contribution is -2.44. The summed E-state index contributed by atoms with van der Waals surface area (Å²) in [7, 11) is 1.82. The lowest BCUT2D eigenvalue weighted by atomic mass is 9.95. The molecule has 2 rings (SSSR count). The summed E-state index contributed by atoms with van der Waals surface area (Å²) >= 11 is 0. The normalized spacial score (nSPS) is 25.2. The van der Waals surface area contributed by atoms with Crippen LogP contribution >= 0.6 is 0 Å². The molecule has 0 saturated carbocycles. The van der Waals surface area contributed by atoms with Crippen LogP contribution in [0.25, 0.3) is 0 Å². The molecule has 1 aliphatic rings. The van der Waals surface area contributed by atoms with Crippen molar-refractivity contribution in [1.29, 1.82) is 0 Å². The van der Waals surface area contributed by atoms with E-state index >= 15 is 0 Å². The van der Waals surface area contributed by atoms with Crippen LogP contribution in [0.1, 0.15) is 18.9 Å². The van der Waals surface area contributed by atoms with Gasteiger partial charge in [-0.1, -0.05) is 19.1 Å². The fourth-order valence-electron chi connectivity index (χ4n) is 2.58. The van der Waals surface area contributed by atoms with E-state index in [0.29, 0.717) is 12.0 Å². The predicted octanol–water partition coefficient (Wildman–Crippen LogP) is 2.17. The van der Waals surface area contributed by atoms with Gasteiger partial charge in [-0.05, 0) is 43.0 Å². The average Bonchev–Trinajstić information content (AvgIpc) is 2.39. The first-order chi connectivity index (χ1) is 8.69. The molecule has 0 radical (unpaired) electrons. The third kappa shape index (κ3) is 3.47. The van der Waals surface area contributed by atoms with Crippen LogP contribution in [-0.2, 0) is 11.2 Å². The Morgan fingerprint density at radius 3 is 2.72 bits per heavy atom. The molecule has 0 amide bonds. The lowest BCUT2D eigenvalue weighted by molar-refractivity contribution is -0.00447. The lowest BCUT2D eigenvalue weighted by Gasteiger charge is -2.36. The molecule has 1 saturated heterocycles. The van der Waals surface area contributed by atoms with E-state index in [2.05, 4.69) is 24.0 Å². The molecule has 1 aromatic rings. The molecule has 2 N–H and O–H groups in total. The molecule has 0 aromatic heterocycles. The van der Waals surface area contributed by atoms with Crippen LogP contribution in [0.2, 0.25) is 0 Å². The summed E-state index contributed by atoms with van der Waals surface area (Å²) in [6.07, 6.45) is 2.72. The van der Waals surface area contributed by atoms with Crippen molar-refractivity contribution in [1.82, 2.24) is 4.90 Å². The zero-order valence-corrected chi connectivity index (χ0v) is 11.4. The minimum atomic E-state index is 0.394. The largest absolute Gasteiger partial charge is 0.399 e. The van der Waals surface area contributed by atoms with Crippen LogP contribution < -0.4 is 5.73 Å². The number of nitrogen functional groups attached to an aromatic ring is 1. The molecule has 1 aromatic carbocycles. The highest BCUT2D eigenvalue weighted by molar-refractivity contribution is 5.39. The third-order valence-electron chi connectivity index (χ3n) is 3.97. The van der Waals surface area contributed by atoms with Crippen LogP contribution in [0.3, 0.4) is 0 Å². The van der Waals surface area contributed by atoms with Gasteiger partial charge in [-0.25, -0.2) is 0 Å². The molecule has 2 atom stereocenters. The number of anilines is 1. The second kappa shape index (κ2) is 6.21. The van der Waals surface area contributed by atoms with Gasteiger partial charge >= 0.3 is 0 Å². The van der Waals surface area contributed by atoms with Crippen LogP contribution in [0.15, 0.2) is 24.3 Å². The van der Waals surface area contributed by atoms with Crippen LogP contribution in [-0.4, -0.2) is 37.7 Å². The quantitative estimate of drug-likeness (QED) is 0.830. The van der Waals surface area contributed by atoms with Gasteiger partial charge in [-0.3, -0.25) is 0 Å². The van der Waals surface area contributed by atoms with Crippen molar-refractivity contribution in [2.45, 2.75) is 25.9 Å². The van der Waals surface area contributed by atoms with Crippen molar-refractivity contribution >= 4 is 5.69 Å². The van der Waals surface area contributed by atoms with E-state index in [1.807, 2.05) is 19.2 Å². The van der Waals surface area contributed by atoms with E-state index in [1.165, 1.54) is 18.5 Å². The van der Waals surface area contributed by atoms with Crippen LogP contribution in [0, 0.1) is 5.92 Å². The Bertz CT molecular complexity index is 363. The second-order valence-electron chi connectivity index (χ2n) is 5.33. The van der Waals surface area contributed by atoms with Gasteiger partial charge in [-0.15, -0.1) is 0 Å². The number of hydrogen-bond acceptors (Lipinski definition) is 3. The van der Waals surface area contributed by atoms with E-state index in [9.17, 15) is 0 Å². The molecule has 0 aliphatic carbocycles. The highest BCUT2D eigenvalue weighted by Crippen LogP contribution is 2.19. The fraction of sp³-hybridized carbons (Fsp3) is 0.600. The number of nitrogens with zero attached hydrogens (tertiary/aromatic N) is 1. The number of piperidine rings is 1. The van der Waals surface area contributed by atoms with Crippen molar-refractivity contribution in [2.75, 3.05) is 32.5 Å². The summed E-state index contributed by atoms with van der Waals surface area (Å²) in [5.41, 5.74) is 7.89. The Labute approximate surface area is 110 Å². The van der Waals surface area contributed by atoms with Gasteiger partial charge < -0.3 is 15.4 Å². The van der Waals surface area contributed by atoms with Gasteiger partial charge in [-0.2, -0.15) is 0 Å². The minimum Gasteiger partial charge on any atom is -0.399 e. The minimum absolute atomic E-state index is 0.394. The van der Waals surface area contributed by atoms with E-state index in [0.717, 1.165) is 25.2 Å². The third-order valence-corrected chi connectivity index (χ3v) is 3.97. The smallest absolute Gasteiger partial charge is 0.0724 e. The summed E-state index contributed by atoms with van der Waals surface area (Å²) in [5, 5.41) is 0. The topological polar surface area (TPSA) is 38.5 Å². The molecular formula is C15H24N2O. The molecule has 18 heavy (non-hydrogen) atoms. The predicted molar refractivity (Wildman–Crippen MR) is 75.6 cm³/mol. The summed E-state index contributed by atoms with van der Waals surface area (Å²) in [6.45, 7) is 5.64. The van der Waals surface area contributed by atoms with Crippen molar-refractivity contribution in [3.05, 3.63) is 29.8 Å². The van der Waals surface area contributed by atoms with E-state index in [-0.39, 0.29) is 0 Å². The van der Waals surface area contributed by atoms with Gasteiger partial charge in [0.2, 0.25) is 0 Å². The first kappa shape index (κ1) is 13.4. The maximum atomic E-state index is 5.69. The first-order valence-electron chi connectivity index (χ1n) is 6.78. The van der Waals surface area contributed by atoms with Crippen molar-refractivity contribution in [3.8, 4) is 0 Å². The van der Waals surface area contributed by atoms with Crippen molar-refractivity contribution in [3.63, 3.8) is 0 Å². The average molecular weight is 248 g/mol. The molecule has 1 fully saturated rings. The number of likely N-dealkylation sites (tertiary alicyclic amines) is 1. The number of rotatable bonds is 4. The van der Waals surface area contributed by atoms with E-state index < -0.39 is 0 Å². The highest BCUT2D eigenvalue weighted by atomic mass is 16.5. The maximum absolute atomic E-state index is 5.69. The molecule has 1 aliphatic heterocycles. The maximum Gasteiger partial charge on any atom is 0.0724 e. The van der Waals surface area contributed by atoms with Gasteiger partial charge in [0.25, 0.3) is 0 Å². The van der Waals surface area contributed by atoms with Crippen LogP contribution in [0.4, 0.5) is 5.69 Å². The molecule has 2 unspecified atom stereocenters. The Balaban J connectivity index is 1.81. The Morgan fingerprint density at radius 2 is 2.06 bits per heavy atom. The SMILES string of the molecule is COC1CN(CCc2ccc(N)cc2)CCC1C. The number of benzene rings is 1. The second-order valence-corrected chi connectivity index (χ2v) is 5.33. The molecule has 0 spiro atoms. The standard InChI is InChI=1S/C15H24N2O/c1-12-7-9-17(11-15(12)18-2)10-8-13-3-5-14(16)6-4-13/h3-6,12,15H,7-11,16H2,1-2H3. The van der Waals surface area contributed by atoms with Gasteiger partial charge in [0.05, 0.1) is 6.10 Å². The molecule has 100 valence electrons. The highest BCUT2D eigenvalue weighted by Gasteiger charge is 2.25. The summed E-state index contributed by atoms with van der Waals surface area (Å²) in [5.74, 6) is 0.683. The monoisotopic (exact) mass is 248 g/mol. The van der Waals surface area contributed by atoms with Crippen molar-refractivity contribution < 1.29 is 4.74 Å². The molecule has 0 bridgehead atoms. The van der Waals surface area contributed by atoms with Crippen molar-refractivity contribution in [2.24, 2.45) is 5.92 Å². The summed E-state index contributed by atoms with van der Waals surface area (Å²) < 4.78 is 5.54. The number of methoxy groups -OCH3 is 1.